The molecule has 24 heavy (non-hydrogen) atoms. The average molecular weight is 326 g/mol. The van der Waals surface area contributed by atoms with Gasteiger partial charge in [-0.3, -0.25) is 9.78 Å². The molecular formula is C16H18N6O2. The maximum absolute atomic E-state index is 12.4. The first-order valence-electron chi connectivity index (χ1n) is 7.50. The van der Waals surface area contributed by atoms with Crippen LogP contribution in [0.25, 0.3) is 10.8 Å². The van der Waals surface area contributed by atoms with Gasteiger partial charge in [0, 0.05) is 32.2 Å². The van der Waals surface area contributed by atoms with E-state index >= 15 is 0 Å². The summed E-state index contributed by atoms with van der Waals surface area (Å²) in [6.45, 7) is 1.95. The number of nitrogens with zero attached hydrogens (tertiary/aromatic N) is 4. The van der Waals surface area contributed by atoms with Crippen molar-refractivity contribution in [1.29, 1.82) is 0 Å². The van der Waals surface area contributed by atoms with E-state index in [0.29, 0.717) is 22.8 Å². The quantitative estimate of drug-likeness (QED) is 0.648. The SMILES string of the molecule is C[C@@H](O)CNc1nc(Nc2cnccn2)cc2ccn(C)c(=O)c12. The highest BCUT2D eigenvalue weighted by molar-refractivity contribution is 5.93. The van der Waals surface area contributed by atoms with Gasteiger partial charge in [0.2, 0.25) is 0 Å². The van der Waals surface area contributed by atoms with E-state index in [4.69, 9.17) is 0 Å². The third kappa shape index (κ3) is 3.33. The Morgan fingerprint density at radius 2 is 2.17 bits per heavy atom. The fourth-order valence-electron chi connectivity index (χ4n) is 2.29. The molecule has 3 aromatic rings. The molecule has 0 saturated heterocycles. The minimum atomic E-state index is -0.564. The smallest absolute Gasteiger partial charge is 0.261 e. The van der Waals surface area contributed by atoms with Crippen LogP contribution >= 0.6 is 0 Å². The molecule has 0 bridgehead atoms. The maximum atomic E-state index is 12.4. The molecule has 3 aromatic heterocycles. The first-order valence-corrected chi connectivity index (χ1v) is 7.50. The van der Waals surface area contributed by atoms with Crippen LogP contribution in [0.2, 0.25) is 0 Å². The van der Waals surface area contributed by atoms with Gasteiger partial charge < -0.3 is 20.3 Å². The number of rotatable bonds is 5. The van der Waals surface area contributed by atoms with Crippen molar-refractivity contribution in [1.82, 2.24) is 19.5 Å². The van der Waals surface area contributed by atoms with Crippen molar-refractivity contribution >= 4 is 28.2 Å². The van der Waals surface area contributed by atoms with E-state index in [1.54, 1.807) is 44.8 Å². The highest BCUT2D eigenvalue weighted by atomic mass is 16.3. The molecular weight excluding hydrogens is 308 g/mol. The van der Waals surface area contributed by atoms with Crippen LogP contribution < -0.4 is 16.2 Å². The molecule has 0 unspecified atom stereocenters. The summed E-state index contributed by atoms with van der Waals surface area (Å²) >= 11 is 0. The summed E-state index contributed by atoms with van der Waals surface area (Å²) in [4.78, 5) is 25.0. The molecule has 0 radical (unpaired) electrons. The molecule has 3 rings (SSSR count). The monoisotopic (exact) mass is 326 g/mol. The Morgan fingerprint density at radius 3 is 2.88 bits per heavy atom. The zero-order valence-corrected chi connectivity index (χ0v) is 13.4. The third-order valence-electron chi connectivity index (χ3n) is 3.45. The summed E-state index contributed by atoms with van der Waals surface area (Å²) in [5.41, 5.74) is -0.154. The van der Waals surface area contributed by atoms with Crippen molar-refractivity contribution in [3.8, 4) is 0 Å². The first kappa shape index (κ1) is 15.9. The van der Waals surface area contributed by atoms with Gasteiger partial charge in [0.15, 0.2) is 0 Å². The van der Waals surface area contributed by atoms with Gasteiger partial charge >= 0.3 is 0 Å². The lowest BCUT2D eigenvalue weighted by atomic mass is 10.2. The van der Waals surface area contributed by atoms with Gasteiger partial charge in [0.05, 0.1) is 17.7 Å². The van der Waals surface area contributed by atoms with Crippen LogP contribution in [0.3, 0.4) is 0 Å². The number of fused-ring (bicyclic) bond motifs is 1. The Bertz CT molecular complexity index is 908. The van der Waals surface area contributed by atoms with Gasteiger partial charge in [0.25, 0.3) is 5.56 Å². The number of pyridine rings is 2. The van der Waals surface area contributed by atoms with E-state index in [2.05, 4.69) is 25.6 Å². The number of hydrogen-bond donors (Lipinski definition) is 3. The molecule has 124 valence electrons. The highest BCUT2D eigenvalue weighted by Crippen LogP contribution is 2.23. The second-order valence-corrected chi connectivity index (χ2v) is 5.50. The third-order valence-corrected chi connectivity index (χ3v) is 3.45. The predicted molar refractivity (Wildman–Crippen MR) is 92.5 cm³/mol. The van der Waals surface area contributed by atoms with Gasteiger partial charge in [0.1, 0.15) is 17.5 Å². The fourth-order valence-corrected chi connectivity index (χ4v) is 2.29. The van der Waals surface area contributed by atoms with Crippen molar-refractivity contribution in [2.75, 3.05) is 17.2 Å². The normalized spacial score (nSPS) is 12.1. The second kappa shape index (κ2) is 6.63. The van der Waals surface area contributed by atoms with Crippen LogP contribution in [0.15, 0.2) is 41.7 Å². The number of anilines is 3. The topological polar surface area (TPSA) is 105 Å². The Balaban J connectivity index is 2.08. The van der Waals surface area contributed by atoms with Crippen molar-refractivity contribution in [3.05, 3.63) is 47.3 Å². The van der Waals surface area contributed by atoms with Crippen molar-refractivity contribution in [3.63, 3.8) is 0 Å². The Morgan fingerprint density at radius 1 is 1.33 bits per heavy atom. The van der Waals surface area contributed by atoms with Crippen molar-refractivity contribution in [2.24, 2.45) is 7.05 Å². The fraction of sp³-hybridized carbons (Fsp3) is 0.250. The summed E-state index contributed by atoms with van der Waals surface area (Å²) < 4.78 is 1.49. The van der Waals surface area contributed by atoms with Crippen molar-refractivity contribution < 1.29 is 5.11 Å². The zero-order valence-electron chi connectivity index (χ0n) is 13.4. The van der Waals surface area contributed by atoms with E-state index in [-0.39, 0.29) is 12.1 Å². The van der Waals surface area contributed by atoms with Gasteiger partial charge in [-0.1, -0.05) is 0 Å². The molecule has 0 aliphatic heterocycles. The lowest BCUT2D eigenvalue weighted by Crippen LogP contribution is -2.21. The van der Waals surface area contributed by atoms with Gasteiger partial charge in [-0.25, -0.2) is 9.97 Å². The molecule has 8 nitrogen and oxygen atoms in total. The summed E-state index contributed by atoms with van der Waals surface area (Å²) in [5.74, 6) is 1.50. The molecule has 0 aromatic carbocycles. The first-order chi connectivity index (χ1) is 11.5. The van der Waals surface area contributed by atoms with Gasteiger partial charge in [-0.15, -0.1) is 0 Å². The number of aliphatic hydroxyl groups is 1. The summed E-state index contributed by atoms with van der Waals surface area (Å²) in [6.07, 6.45) is 5.88. The van der Waals surface area contributed by atoms with Crippen LogP contribution in [0.5, 0.6) is 0 Å². The Kier molecular flexibility index (Phi) is 4.39. The van der Waals surface area contributed by atoms with E-state index in [1.165, 1.54) is 4.57 Å². The molecule has 0 spiro atoms. The Hall–Kier alpha value is -3.00. The van der Waals surface area contributed by atoms with E-state index in [0.717, 1.165) is 5.39 Å². The zero-order chi connectivity index (χ0) is 17.1. The van der Waals surface area contributed by atoms with Gasteiger partial charge in [-0.05, 0) is 24.4 Å². The molecule has 0 saturated carbocycles. The van der Waals surface area contributed by atoms with Crippen LogP contribution in [0.1, 0.15) is 6.92 Å². The molecule has 0 amide bonds. The predicted octanol–water partition coefficient (Wildman–Crippen LogP) is 1.26. The van der Waals surface area contributed by atoms with Gasteiger partial charge in [-0.2, -0.15) is 0 Å². The van der Waals surface area contributed by atoms with E-state index < -0.39 is 6.10 Å². The summed E-state index contributed by atoms with van der Waals surface area (Å²) in [7, 11) is 1.69. The maximum Gasteiger partial charge on any atom is 0.261 e. The van der Waals surface area contributed by atoms with Crippen LogP contribution in [-0.2, 0) is 7.05 Å². The molecule has 8 heteroatoms. The number of hydrogen-bond acceptors (Lipinski definition) is 7. The molecule has 0 aliphatic carbocycles. The Labute approximate surface area is 138 Å². The second-order valence-electron chi connectivity index (χ2n) is 5.50. The summed E-state index contributed by atoms with van der Waals surface area (Å²) in [6, 6.07) is 3.62. The highest BCUT2D eigenvalue weighted by Gasteiger charge is 2.12. The summed E-state index contributed by atoms with van der Waals surface area (Å²) in [5, 5.41) is 16.8. The average Bonchev–Trinajstić information content (AvgIpc) is 2.57. The standard InChI is InChI=1S/C16H18N6O2/c1-10(23)8-19-15-14-11(3-6-22(2)16(14)24)7-12(21-15)20-13-9-17-4-5-18-13/h3-7,9-10,23H,8H2,1-2H3,(H2,18,19,20,21)/t10-/m1/s1. The number of aromatic nitrogens is 4. The largest absolute Gasteiger partial charge is 0.392 e. The molecule has 1 atom stereocenters. The number of aryl methyl sites for hydroxylation is 1. The number of nitrogens with one attached hydrogen (secondary N) is 2. The van der Waals surface area contributed by atoms with Crippen LogP contribution in [-0.4, -0.2) is 37.3 Å². The molecule has 3 heterocycles. The van der Waals surface area contributed by atoms with Crippen LogP contribution in [0, 0.1) is 0 Å². The minimum absolute atomic E-state index is 0.154. The molecule has 3 N–H and O–H groups in total. The van der Waals surface area contributed by atoms with Crippen LogP contribution in [0.4, 0.5) is 17.5 Å². The molecule has 0 aliphatic rings. The van der Waals surface area contributed by atoms with E-state index in [9.17, 15) is 9.90 Å². The lowest BCUT2D eigenvalue weighted by Gasteiger charge is -2.13. The van der Waals surface area contributed by atoms with E-state index in [1.807, 2.05) is 6.07 Å². The minimum Gasteiger partial charge on any atom is -0.392 e. The number of aliphatic hydroxyl groups excluding tert-OH is 1. The molecule has 0 fully saturated rings. The van der Waals surface area contributed by atoms with Crippen molar-refractivity contribution in [2.45, 2.75) is 13.0 Å². The lowest BCUT2D eigenvalue weighted by molar-refractivity contribution is 0.208.